The molecule has 3 aliphatic heterocycles. The Hall–Kier alpha value is -5.01. The highest BCUT2D eigenvalue weighted by Gasteiger charge is 2.36. The minimum Gasteiger partial charge on any atom is -0.492 e. The van der Waals surface area contributed by atoms with Crippen LogP contribution < -0.4 is 19.7 Å². The highest BCUT2D eigenvalue weighted by atomic mass is 32.1. The summed E-state index contributed by atoms with van der Waals surface area (Å²) in [6.07, 6.45) is 2.47. The number of likely N-dealkylation sites (tertiary alicyclic amines) is 1. The summed E-state index contributed by atoms with van der Waals surface area (Å²) >= 11 is 1.03. The Labute approximate surface area is 329 Å². The molecule has 2 aromatic carbocycles. The zero-order valence-electron chi connectivity index (χ0n) is 33.0. The number of hydrogen-bond acceptors (Lipinski definition) is 13. The monoisotopic (exact) mass is 788 g/mol. The molecule has 2 saturated heterocycles. The Kier molecular flexibility index (Phi) is 10.9. The topological polar surface area (TPSA) is 155 Å². The summed E-state index contributed by atoms with van der Waals surface area (Å²) in [6.45, 7) is 13.7. The first kappa shape index (κ1) is 39.2. The molecule has 0 aliphatic carbocycles. The van der Waals surface area contributed by atoms with Gasteiger partial charge in [-0.05, 0) is 105 Å². The van der Waals surface area contributed by atoms with Gasteiger partial charge in [-0.3, -0.25) is 5.32 Å². The molecule has 1 N–H and O–H groups in total. The van der Waals surface area contributed by atoms with Crippen LogP contribution in [0.2, 0.25) is 0 Å². The third kappa shape index (κ3) is 8.39. The van der Waals surface area contributed by atoms with Crippen molar-refractivity contribution in [1.82, 2.24) is 24.8 Å². The fourth-order valence-corrected chi connectivity index (χ4v) is 8.40. The van der Waals surface area contributed by atoms with Crippen LogP contribution in [0, 0.1) is 17.1 Å². The molecule has 0 radical (unpaired) electrons. The van der Waals surface area contributed by atoms with Crippen LogP contribution in [0.3, 0.4) is 0 Å². The maximum absolute atomic E-state index is 15.4. The Morgan fingerprint density at radius 1 is 1.04 bits per heavy atom. The molecule has 0 spiro atoms. The van der Waals surface area contributed by atoms with Crippen molar-refractivity contribution in [2.45, 2.75) is 96.9 Å². The maximum Gasteiger partial charge on any atom is 0.413 e. The number of piperazine rings is 1. The quantitative estimate of drug-likeness (QED) is 0.197. The van der Waals surface area contributed by atoms with E-state index in [2.05, 4.69) is 28.2 Å². The normalized spacial score (nSPS) is 19.1. The molecule has 16 heteroatoms. The van der Waals surface area contributed by atoms with Gasteiger partial charge < -0.3 is 33.6 Å². The SMILES string of the molecule is CN1CCC[C@H]1COc1nc(N2CCN(C(=O)OC(C)(C)C)[C@@H](CC#N)C2)c2c3c(c(-c4ccc(F)c5sc(NC(=O)OC(C)(C)C)nc45)cc2n1)CCCO3. The van der Waals surface area contributed by atoms with Gasteiger partial charge >= 0.3 is 18.2 Å². The van der Waals surface area contributed by atoms with Gasteiger partial charge in [-0.25, -0.2) is 19.0 Å². The highest BCUT2D eigenvalue weighted by Crippen LogP contribution is 2.46. The number of nitrogens with zero attached hydrogens (tertiary/aromatic N) is 7. The number of carbonyl (C=O) groups is 2. The van der Waals surface area contributed by atoms with Gasteiger partial charge in [0.2, 0.25) is 0 Å². The van der Waals surface area contributed by atoms with Gasteiger partial charge in [0.1, 0.15) is 35.2 Å². The summed E-state index contributed by atoms with van der Waals surface area (Å²) in [4.78, 5) is 46.6. The molecule has 56 heavy (non-hydrogen) atoms. The highest BCUT2D eigenvalue weighted by molar-refractivity contribution is 7.22. The zero-order chi connectivity index (χ0) is 39.9. The van der Waals surface area contributed by atoms with Gasteiger partial charge in [-0.1, -0.05) is 11.3 Å². The lowest BCUT2D eigenvalue weighted by atomic mass is 9.91. The predicted octanol–water partition coefficient (Wildman–Crippen LogP) is 7.53. The number of amides is 2. The van der Waals surface area contributed by atoms with Crippen molar-refractivity contribution in [3.05, 3.63) is 29.6 Å². The van der Waals surface area contributed by atoms with E-state index in [1.165, 1.54) is 6.07 Å². The van der Waals surface area contributed by atoms with E-state index in [4.69, 9.17) is 33.9 Å². The Bertz CT molecular complexity index is 2190. The first-order valence-electron chi connectivity index (χ1n) is 19.1. The lowest BCUT2D eigenvalue weighted by Gasteiger charge is -2.41. The minimum atomic E-state index is -0.722. The summed E-state index contributed by atoms with van der Waals surface area (Å²) in [5.74, 6) is 0.745. The van der Waals surface area contributed by atoms with Crippen molar-refractivity contribution in [3.8, 4) is 29.0 Å². The molecular formula is C40H49FN8O6S. The van der Waals surface area contributed by atoms with E-state index in [0.29, 0.717) is 77.5 Å². The number of nitrogens with one attached hydrogen (secondary N) is 1. The minimum absolute atomic E-state index is 0.105. The number of anilines is 2. The van der Waals surface area contributed by atoms with E-state index in [0.717, 1.165) is 48.3 Å². The molecule has 4 aromatic rings. The molecule has 5 heterocycles. The van der Waals surface area contributed by atoms with E-state index in [1.807, 2.05) is 26.8 Å². The number of benzene rings is 2. The number of hydrogen-bond donors (Lipinski definition) is 1. The molecular weight excluding hydrogens is 740 g/mol. The summed E-state index contributed by atoms with van der Waals surface area (Å²) in [7, 11) is 2.08. The van der Waals surface area contributed by atoms with Crippen molar-refractivity contribution in [2.75, 3.05) is 56.7 Å². The first-order chi connectivity index (χ1) is 26.6. The number of fused-ring (bicyclic) bond motifs is 4. The van der Waals surface area contributed by atoms with Gasteiger partial charge in [0, 0.05) is 36.8 Å². The van der Waals surface area contributed by atoms with Crippen LogP contribution in [0.1, 0.15) is 72.8 Å². The number of thiazole rings is 1. The Morgan fingerprint density at radius 2 is 1.82 bits per heavy atom. The second kappa shape index (κ2) is 15.5. The lowest BCUT2D eigenvalue weighted by Crippen LogP contribution is -2.56. The average Bonchev–Trinajstić information content (AvgIpc) is 3.74. The fourth-order valence-electron chi connectivity index (χ4n) is 7.52. The van der Waals surface area contributed by atoms with Gasteiger partial charge in [0.05, 0.1) is 46.3 Å². The van der Waals surface area contributed by atoms with Gasteiger partial charge in [-0.2, -0.15) is 15.2 Å². The van der Waals surface area contributed by atoms with E-state index >= 15 is 4.39 Å². The van der Waals surface area contributed by atoms with Crippen molar-refractivity contribution < 1.29 is 32.9 Å². The van der Waals surface area contributed by atoms with Crippen LogP contribution >= 0.6 is 11.3 Å². The smallest absolute Gasteiger partial charge is 0.413 e. The van der Waals surface area contributed by atoms with Crippen LogP contribution in [-0.2, 0) is 15.9 Å². The Balaban J connectivity index is 1.34. The number of carbonyl (C=O) groups excluding carboxylic acids is 2. The number of halogens is 1. The molecule has 2 atom stereocenters. The van der Waals surface area contributed by atoms with Gasteiger partial charge in [0.15, 0.2) is 5.13 Å². The summed E-state index contributed by atoms with van der Waals surface area (Å²) in [5, 5.41) is 13.4. The number of aromatic nitrogens is 3. The number of likely N-dealkylation sites (N-methyl/N-ethyl adjacent to an activating group) is 1. The van der Waals surface area contributed by atoms with Crippen LogP contribution in [-0.4, -0.2) is 107 Å². The van der Waals surface area contributed by atoms with Crippen LogP contribution in [0.15, 0.2) is 18.2 Å². The van der Waals surface area contributed by atoms with Gasteiger partial charge in [-0.15, -0.1) is 0 Å². The molecule has 14 nitrogen and oxygen atoms in total. The van der Waals surface area contributed by atoms with Crippen molar-refractivity contribution in [2.24, 2.45) is 0 Å². The molecule has 2 amide bonds. The average molecular weight is 789 g/mol. The van der Waals surface area contributed by atoms with E-state index < -0.39 is 35.2 Å². The van der Waals surface area contributed by atoms with E-state index in [1.54, 1.807) is 31.7 Å². The number of ether oxygens (including phenoxy) is 4. The lowest BCUT2D eigenvalue weighted by molar-refractivity contribution is 0.0144. The standard InChI is InChI=1S/C40H49FN8O6S/c1-39(2,3)54-37(50)46-36-44-31-25(12-13-28(41)33(31)56-36)27-20-29-30(32-26(27)11-9-19-52-32)34(45-35(43-29)53-22-24-10-8-16-47(24)7)48-17-18-49(23(21-48)14-15-42)38(51)55-40(4,5)6/h12-13,20,23-24H,8-11,14,16-19,21-22H2,1-7H3,(H,44,46,50)/t23-,24-/m0/s1. The second-order valence-electron chi connectivity index (χ2n) is 16.5. The first-order valence-corrected chi connectivity index (χ1v) is 19.9. The number of nitriles is 1. The van der Waals surface area contributed by atoms with E-state index in [-0.39, 0.29) is 23.6 Å². The van der Waals surface area contributed by atoms with E-state index in [9.17, 15) is 14.9 Å². The molecule has 0 saturated carbocycles. The largest absolute Gasteiger partial charge is 0.492 e. The molecule has 0 unspecified atom stereocenters. The third-order valence-corrected chi connectivity index (χ3v) is 11.0. The molecule has 2 fully saturated rings. The molecule has 0 bridgehead atoms. The van der Waals surface area contributed by atoms with Crippen molar-refractivity contribution in [1.29, 1.82) is 5.26 Å². The fraction of sp³-hybridized carbons (Fsp3) is 0.550. The second-order valence-corrected chi connectivity index (χ2v) is 17.5. The van der Waals surface area contributed by atoms with Crippen molar-refractivity contribution in [3.63, 3.8) is 0 Å². The summed E-state index contributed by atoms with van der Waals surface area (Å²) < 4.78 is 39.7. The summed E-state index contributed by atoms with van der Waals surface area (Å²) in [6, 6.07) is 7.28. The summed E-state index contributed by atoms with van der Waals surface area (Å²) in [5.41, 5.74) is 1.88. The molecule has 2 aromatic heterocycles. The molecule has 3 aliphatic rings. The zero-order valence-corrected chi connectivity index (χ0v) is 33.8. The predicted molar refractivity (Wildman–Crippen MR) is 212 cm³/mol. The van der Waals surface area contributed by atoms with Gasteiger partial charge in [0.25, 0.3) is 0 Å². The molecule has 298 valence electrons. The molecule has 7 rings (SSSR count). The van der Waals surface area contributed by atoms with Crippen LogP contribution in [0.5, 0.6) is 11.8 Å². The van der Waals surface area contributed by atoms with Crippen molar-refractivity contribution >= 4 is 55.6 Å². The van der Waals surface area contributed by atoms with Crippen LogP contribution in [0.4, 0.5) is 24.9 Å². The third-order valence-electron chi connectivity index (χ3n) is 10.0. The number of rotatable bonds is 7. The van der Waals surface area contributed by atoms with Crippen LogP contribution in [0.25, 0.3) is 32.2 Å². The Morgan fingerprint density at radius 3 is 2.54 bits per heavy atom. The maximum atomic E-state index is 15.4.